The summed E-state index contributed by atoms with van der Waals surface area (Å²) >= 11 is 0. The highest BCUT2D eigenvalue weighted by molar-refractivity contribution is 5.96. The Morgan fingerprint density at radius 2 is 2.19 bits per heavy atom. The Balaban J connectivity index is 1.80. The number of para-hydroxylation sites is 1. The first-order chi connectivity index (χ1) is 10.1. The summed E-state index contributed by atoms with van der Waals surface area (Å²) in [7, 11) is 0. The molecular formula is C14H14N4O3. The Morgan fingerprint density at radius 3 is 2.90 bits per heavy atom. The lowest BCUT2D eigenvalue weighted by molar-refractivity contribution is -0.389. The van der Waals surface area contributed by atoms with E-state index in [1.54, 1.807) is 4.90 Å². The summed E-state index contributed by atoms with van der Waals surface area (Å²) in [5, 5.41) is 14.4. The standard InChI is InChI=1S/C14H14N4O3/c1-10-8-11-4-2-3-5-12(11)17(10)14(19)9-16-7-6-13(15-16)18(20)21/h2-7,10H,8-9H2,1H3. The van der Waals surface area contributed by atoms with Gasteiger partial charge in [0.15, 0.2) is 0 Å². The highest BCUT2D eigenvalue weighted by Gasteiger charge is 2.31. The third-order valence-electron chi connectivity index (χ3n) is 3.59. The van der Waals surface area contributed by atoms with Crippen molar-refractivity contribution in [2.24, 2.45) is 0 Å². The zero-order valence-electron chi connectivity index (χ0n) is 11.5. The van der Waals surface area contributed by atoms with E-state index in [0.29, 0.717) is 0 Å². The number of fused-ring (bicyclic) bond motifs is 1. The number of hydrogen-bond acceptors (Lipinski definition) is 4. The molecule has 3 rings (SSSR count). The summed E-state index contributed by atoms with van der Waals surface area (Å²) in [6.07, 6.45) is 2.27. The first-order valence-electron chi connectivity index (χ1n) is 6.64. The maximum Gasteiger partial charge on any atom is 0.389 e. The van der Waals surface area contributed by atoms with Gasteiger partial charge in [0.05, 0.1) is 17.4 Å². The molecule has 1 unspecified atom stereocenters. The fourth-order valence-electron chi connectivity index (χ4n) is 2.70. The van der Waals surface area contributed by atoms with Gasteiger partial charge in [-0.1, -0.05) is 18.2 Å². The van der Waals surface area contributed by atoms with Crippen LogP contribution in [-0.2, 0) is 17.8 Å². The maximum absolute atomic E-state index is 12.5. The van der Waals surface area contributed by atoms with Crippen molar-refractivity contribution in [2.45, 2.75) is 25.9 Å². The summed E-state index contributed by atoms with van der Waals surface area (Å²) in [6, 6.07) is 9.15. The van der Waals surface area contributed by atoms with Crippen LogP contribution in [0.4, 0.5) is 11.5 Å². The fourth-order valence-corrected chi connectivity index (χ4v) is 2.70. The molecule has 2 aromatic rings. The number of carbonyl (C=O) groups excluding carboxylic acids is 1. The second-order valence-electron chi connectivity index (χ2n) is 5.07. The predicted molar refractivity (Wildman–Crippen MR) is 76.0 cm³/mol. The second-order valence-corrected chi connectivity index (χ2v) is 5.07. The van der Waals surface area contributed by atoms with Crippen LogP contribution in [0.25, 0.3) is 0 Å². The van der Waals surface area contributed by atoms with Gasteiger partial charge in [-0.3, -0.25) is 4.79 Å². The minimum atomic E-state index is -0.575. The Kier molecular flexibility index (Phi) is 3.17. The van der Waals surface area contributed by atoms with Crippen molar-refractivity contribution in [3.05, 3.63) is 52.2 Å². The molecule has 0 saturated heterocycles. The van der Waals surface area contributed by atoms with Crippen molar-refractivity contribution in [2.75, 3.05) is 4.90 Å². The minimum Gasteiger partial charge on any atom is -0.358 e. The van der Waals surface area contributed by atoms with Gasteiger partial charge in [0, 0.05) is 11.7 Å². The van der Waals surface area contributed by atoms with E-state index < -0.39 is 4.92 Å². The molecule has 1 amide bonds. The van der Waals surface area contributed by atoms with Gasteiger partial charge in [-0.25, -0.2) is 0 Å². The zero-order chi connectivity index (χ0) is 15.0. The summed E-state index contributed by atoms with van der Waals surface area (Å²) in [5.74, 6) is -0.372. The number of carbonyl (C=O) groups is 1. The molecule has 1 aliphatic rings. The van der Waals surface area contributed by atoms with Crippen LogP contribution in [0.3, 0.4) is 0 Å². The fraction of sp³-hybridized carbons (Fsp3) is 0.286. The number of nitro groups is 1. The molecular weight excluding hydrogens is 272 g/mol. The molecule has 108 valence electrons. The second kappa shape index (κ2) is 5.01. The van der Waals surface area contributed by atoms with Crippen molar-refractivity contribution >= 4 is 17.4 Å². The van der Waals surface area contributed by atoms with Gasteiger partial charge in [-0.05, 0) is 29.9 Å². The number of amides is 1. The Morgan fingerprint density at radius 1 is 1.43 bits per heavy atom. The molecule has 1 atom stereocenters. The van der Waals surface area contributed by atoms with Gasteiger partial charge in [-0.2, -0.15) is 4.68 Å². The molecule has 0 fully saturated rings. The smallest absolute Gasteiger partial charge is 0.358 e. The van der Waals surface area contributed by atoms with Gasteiger partial charge in [0.2, 0.25) is 0 Å². The van der Waals surface area contributed by atoms with Gasteiger partial charge in [0.1, 0.15) is 6.54 Å². The number of rotatable bonds is 3. The first-order valence-corrected chi connectivity index (χ1v) is 6.64. The summed E-state index contributed by atoms with van der Waals surface area (Å²) in [6.45, 7) is 1.98. The molecule has 1 aromatic heterocycles. The molecule has 21 heavy (non-hydrogen) atoms. The van der Waals surface area contributed by atoms with Crippen LogP contribution >= 0.6 is 0 Å². The highest BCUT2D eigenvalue weighted by atomic mass is 16.6. The van der Waals surface area contributed by atoms with Crippen molar-refractivity contribution < 1.29 is 9.72 Å². The van der Waals surface area contributed by atoms with E-state index in [-0.39, 0.29) is 24.3 Å². The maximum atomic E-state index is 12.5. The predicted octanol–water partition coefficient (Wildman–Crippen LogP) is 1.77. The number of nitrogens with zero attached hydrogens (tertiary/aromatic N) is 4. The van der Waals surface area contributed by atoms with E-state index in [2.05, 4.69) is 5.10 Å². The van der Waals surface area contributed by atoms with Crippen molar-refractivity contribution in [3.8, 4) is 0 Å². The zero-order valence-corrected chi connectivity index (χ0v) is 11.5. The first kappa shape index (κ1) is 13.3. The Hall–Kier alpha value is -2.70. The van der Waals surface area contributed by atoms with Gasteiger partial charge in [-0.15, -0.1) is 0 Å². The molecule has 0 bridgehead atoms. The van der Waals surface area contributed by atoms with E-state index in [4.69, 9.17) is 0 Å². The minimum absolute atomic E-state index is 0.00743. The molecule has 2 heterocycles. The van der Waals surface area contributed by atoms with Crippen LogP contribution in [0.5, 0.6) is 0 Å². The molecule has 1 aliphatic heterocycles. The van der Waals surface area contributed by atoms with Crippen molar-refractivity contribution in [1.82, 2.24) is 9.78 Å². The lowest BCUT2D eigenvalue weighted by atomic mass is 10.1. The summed E-state index contributed by atoms with van der Waals surface area (Å²) < 4.78 is 1.30. The normalized spacial score (nSPS) is 16.8. The van der Waals surface area contributed by atoms with E-state index in [0.717, 1.165) is 17.7 Å². The third kappa shape index (κ3) is 2.37. The van der Waals surface area contributed by atoms with Crippen LogP contribution in [0, 0.1) is 10.1 Å². The Labute approximate surface area is 120 Å². The molecule has 0 aliphatic carbocycles. The Bertz CT molecular complexity index is 710. The van der Waals surface area contributed by atoms with Crippen LogP contribution < -0.4 is 4.90 Å². The third-order valence-corrected chi connectivity index (χ3v) is 3.59. The van der Waals surface area contributed by atoms with E-state index in [1.165, 1.54) is 16.9 Å². The SMILES string of the molecule is CC1Cc2ccccc2N1C(=O)Cn1ccc([N+](=O)[O-])n1. The van der Waals surface area contributed by atoms with Gasteiger partial charge >= 0.3 is 5.82 Å². The van der Waals surface area contributed by atoms with Crippen molar-refractivity contribution in [1.29, 1.82) is 0 Å². The molecule has 0 saturated carbocycles. The average Bonchev–Trinajstić information content (AvgIpc) is 3.01. The lowest BCUT2D eigenvalue weighted by Crippen LogP contribution is -2.38. The van der Waals surface area contributed by atoms with Gasteiger partial charge in [0.25, 0.3) is 5.91 Å². The van der Waals surface area contributed by atoms with Crippen LogP contribution in [0.2, 0.25) is 0 Å². The molecule has 1 aromatic carbocycles. The van der Waals surface area contributed by atoms with E-state index in [1.807, 2.05) is 31.2 Å². The van der Waals surface area contributed by atoms with Crippen LogP contribution in [-0.4, -0.2) is 26.7 Å². The molecule has 0 spiro atoms. The number of hydrogen-bond donors (Lipinski definition) is 0. The molecule has 0 radical (unpaired) electrons. The van der Waals surface area contributed by atoms with Crippen molar-refractivity contribution in [3.63, 3.8) is 0 Å². The monoisotopic (exact) mass is 286 g/mol. The topological polar surface area (TPSA) is 81.3 Å². The molecule has 0 N–H and O–H groups in total. The van der Waals surface area contributed by atoms with Crippen LogP contribution in [0.15, 0.2) is 36.5 Å². The lowest BCUT2D eigenvalue weighted by Gasteiger charge is -2.22. The number of anilines is 1. The number of benzene rings is 1. The van der Waals surface area contributed by atoms with Gasteiger partial charge < -0.3 is 15.0 Å². The largest absolute Gasteiger partial charge is 0.389 e. The molecule has 7 nitrogen and oxygen atoms in total. The highest BCUT2D eigenvalue weighted by Crippen LogP contribution is 2.31. The number of aromatic nitrogens is 2. The molecule has 7 heteroatoms. The van der Waals surface area contributed by atoms with E-state index >= 15 is 0 Å². The summed E-state index contributed by atoms with van der Waals surface area (Å²) in [4.78, 5) is 24.2. The van der Waals surface area contributed by atoms with E-state index in [9.17, 15) is 14.9 Å². The quantitative estimate of drug-likeness (QED) is 0.636. The summed E-state index contributed by atoms with van der Waals surface area (Å²) in [5.41, 5.74) is 2.06. The van der Waals surface area contributed by atoms with Crippen LogP contribution in [0.1, 0.15) is 12.5 Å². The average molecular weight is 286 g/mol.